The minimum absolute atomic E-state index is 0.139. The van der Waals surface area contributed by atoms with Gasteiger partial charge in [-0.15, -0.1) is 11.3 Å². The highest BCUT2D eigenvalue weighted by Crippen LogP contribution is 2.22. The van der Waals surface area contributed by atoms with E-state index in [0.29, 0.717) is 25.9 Å². The fourth-order valence-electron chi connectivity index (χ4n) is 3.21. The van der Waals surface area contributed by atoms with E-state index in [1.165, 1.54) is 4.70 Å². The van der Waals surface area contributed by atoms with Gasteiger partial charge in [0.15, 0.2) is 0 Å². The molecule has 1 aliphatic heterocycles. The number of aryl methyl sites for hydroxylation is 1. The van der Waals surface area contributed by atoms with Gasteiger partial charge in [0.1, 0.15) is 0 Å². The lowest BCUT2D eigenvalue weighted by molar-refractivity contribution is -0.131. The maximum atomic E-state index is 12.6. The Morgan fingerprint density at radius 3 is 2.89 bits per heavy atom. The van der Waals surface area contributed by atoms with Gasteiger partial charge in [0.2, 0.25) is 5.91 Å². The summed E-state index contributed by atoms with van der Waals surface area (Å²) in [7, 11) is 0. The number of aromatic nitrogens is 1. The molecule has 0 spiro atoms. The van der Waals surface area contributed by atoms with Crippen molar-refractivity contribution < 1.29 is 9.53 Å². The summed E-state index contributed by atoms with van der Waals surface area (Å²) in [4.78, 5) is 21.4. The second-order valence-electron chi connectivity index (χ2n) is 6.67. The number of nitriles is 1. The first-order chi connectivity index (χ1) is 13.3. The molecule has 0 unspecified atom stereocenters. The molecule has 2 heterocycles. The Bertz CT molecular complexity index is 747. The fourth-order valence-corrected chi connectivity index (χ4v) is 4.22. The molecule has 144 valence electrons. The van der Waals surface area contributed by atoms with E-state index < -0.39 is 0 Å². The number of hydrogen-bond acceptors (Lipinski definition) is 6. The Morgan fingerprint density at radius 1 is 1.30 bits per heavy atom. The number of carbonyl (C=O) groups is 1. The lowest BCUT2D eigenvalue weighted by Crippen LogP contribution is -2.43. The highest BCUT2D eigenvalue weighted by molar-refractivity contribution is 7.18. The lowest BCUT2D eigenvalue weighted by Gasteiger charge is -2.30. The van der Waals surface area contributed by atoms with E-state index in [4.69, 9.17) is 10.00 Å². The van der Waals surface area contributed by atoms with Crippen molar-refractivity contribution in [3.8, 4) is 6.07 Å². The molecule has 0 radical (unpaired) electrons. The van der Waals surface area contributed by atoms with Gasteiger partial charge in [0, 0.05) is 39.1 Å². The number of nitrogens with zero attached hydrogens (tertiary/aromatic N) is 4. The van der Waals surface area contributed by atoms with E-state index in [1.807, 2.05) is 23.1 Å². The highest BCUT2D eigenvalue weighted by atomic mass is 32.1. The smallest absolute Gasteiger partial charge is 0.222 e. The van der Waals surface area contributed by atoms with E-state index in [1.54, 1.807) is 11.3 Å². The third-order valence-corrected chi connectivity index (χ3v) is 5.85. The van der Waals surface area contributed by atoms with E-state index in [0.717, 1.165) is 56.2 Å². The number of morpholine rings is 1. The summed E-state index contributed by atoms with van der Waals surface area (Å²) in [6.45, 7) is 5.39. The Hall–Kier alpha value is -2.01. The number of benzene rings is 1. The van der Waals surface area contributed by atoms with Gasteiger partial charge in [-0.1, -0.05) is 12.1 Å². The number of para-hydroxylation sites is 1. The van der Waals surface area contributed by atoms with Crippen LogP contribution in [-0.2, 0) is 16.0 Å². The third-order valence-electron chi connectivity index (χ3n) is 4.76. The number of thiazole rings is 1. The summed E-state index contributed by atoms with van der Waals surface area (Å²) >= 11 is 1.70. The number of carbonyl (C=O) groups excluding carboxylic acids is 1. The quantitative estimate of drug-likeness (QED) is 0.663. The van der Waals surface area contributed by atoms with Crippen LogP contribution in [0.25, 0.3) is 10.2 Å². The molecule has 1 aliphatic rings. The standard InChI is InChI=1S/C20H26N4O2S/c21-9-4-10-24(12-11-23-13-15-26-16-14-23)20(25)8-3-7-19-22-17-5-1-2-6-18(17)27-19/h1-2,5-6H,3-4,7-8,10-16H2. The summed E-state index contributed by atoms with van der Waals surface area (Å²) < 4.78 is 6.56. The Kier molecular flexibility index (Phi) is 7.57. The van der Waals surface area contributed by atoms with Crippen molar-refractivity contribution in [3.63, 3.8) is 0 Å². The summed E-state index contributed by atoms with van der Waals surface area (Å²) in [5.41, 5.74) is 1.03. The predicted octanol–water partition coefficient (Wildman–Crippen LogP) is 2.69. The number of amides is 1. The minimum atomic E-state index is 0.139. The molecule has 0 N–H and O–H groups in total. The molecule has 7 heteroatoms. The van der Waals surface area contributed by atoms with Crippen LogP contribution in [0.4, 0.5) is 0 Å². The van der Waals surface area contributed by atoms with Gasteiger partial charge in [-0.2, -0.15) is 5.26 Å². The molecule has 1 aromatic heterocycles. The second-order valence-corrected chi connectivity index (χ2v) is 7.79. The van der Waals surface area contributed by atoms with Crippen LogP contribution in [0.5, 0.6) is 0 Å². The summed E-state index contributed by atoms with van der Waals surface area (Å²) in [6.07, 6.45) is 2.50. The van der Waals surface area contributed by atoms with E-state index in [9.17, 15) is 4.79 Å². The zero-order chi connectivity index (χ0) is 18.9. The number of ether oxygens (including phenoxy) is 1. The minimum Gasteiger partial charge on any atom is -0.379 e. The van der Waals surface area contributed by atoms with Gasteiger partial charge < -0.3 is 9.64 Å². The monoisotopic (exact) mass is 386 g/mol. The van der Waals surface area contributed by atoms with Crippen LogP contribution in [0.2, 0.25) is 0 Å². The zero-order valence-electron chi connectivity index (χ0n) is 15.6. The van der Waals surface area contributed by atoms with Gasteiger partial charge >= 0.3 is 0 Å². The third kappa shape index (κ3) is 5.99. The molecule has 1 saturated heterocycles. The number of rotatable bonds is 9. The van der Waals surface area contributed by atoms with Crippen LogP contribution in [0.1, 0.15) is 24.3 Å². The largest absolute Gasteiger partial charge is 0.379 e. The summed E-state index contributed by atoms with van der Waals surface area (Å²) in [5, 5.41) is 9.97. The maximum Gasteiger partial charge on any atom is 0.222 e. The first-order valence-electron chi connectivity index (χ1n) is 9.55. The second kappa shape index (κ2) is 10.4. The average Bonchev–Trinajstić information content (AvgIpc) is 3.11. The van der Waals surface area contributed by atoms with E-state index in [2.05, 4.69) is 22.0 Å². The Balaban J connectivity index is 1.46. The van der Waals surface area contributed by atoms with Crippen LogP contribution >= 0.6 is 11.3 Å². The molecule has 0 bridgehead atoms. The van der Waals surface area contributed by atoms with Crippen molar-refractivity contribution in [1.82, 2.24) is 14.8 Å². The van der Waals surface area contributed by atoms with Crippen LogP contribution in [-0.4, -0.2) is 66.6 Å². The van der Waals surface area contributed by atoms with E-state index in [-0.39, 0.29) is 5.91 Å². The van der Waals surface area contributed by atoms with Crippen molar-refractivity contribution >= 4 is 27.5 Å². The lowest BCUT2D eigenvalue weighted by atomic mass is 10.2. The van der Waals surface area contributed by atoms with Crippen molar-refractivity contribution in [2.75, 3.05) is 45.9 Å². The van der Waals surface area contributed by atoms with Gasteiger partial charge in [-0.3, -0.25) is 9.69 Å². The molecule has 3 rings (SSSR count). The van der Waals surface area contributed by atoms with Crippen LogP contribution in [0, 0.1) is 11.3 Å². The Labute approximate surface area is 164 Å². The first kappa shape index (κ1) is 19.7. The summed E-state index contributed by atoms with van der Waals surface area (Å²) in [5.74, 6) is 0.139. The van der Waals surface area contributed by atoms with Gasteiger partial charge in [-0.25, -0.2) is 4.98 Å². The number of hydrogen-bond donors (Lipinski definition) is 0. The molecule has 6 nitrogen and oxygen atoms in total. The van der Waals surface area contributed by atoms with E-state index >= 15 is 0 Å². The van der Waals surface area contributed by atoms with Crippen LogP contribution < -0.4 is 0 Å². The molecule has 1 aromatic carbocycles. The summed E-state index contributed by atoms with van der Waals surface area (Å²) in [6, 6.07) is 10.3. The van der Waals surface area contributed by atoms with Crippen LogP contribution in [0.15, 0.2) is 24.3 Å². The van der Waals surface area contributed by atoms with Crippen molar-refractivity contribution in [3.05, 3.63) is 29.3 Å². The molecular formula is C20H26N4O2S. The van der Waals surface area contributed by atoms with Crippen molar-refractivity contribution in [2.24, 2.45) is 0 Å². The predicted molar refractivity (Wildman–Crippen MR) is 107 cm³/mol. The maximum absolute atomic E-state index is 12.6. The Morgan fingerprint density at radius 2 is 2.11 bits per heavy atom. The SMILES string of the molecule is N#CCCN(CCN1CCOCC1)C(=O)CCCc1nc2ccccc2s1. The fraction of sp³-hybridized carbons (Fsp3) is 0.550. The van der Waals surface area contributed by atoms with Crippen molar-refractivity contribution in [1.29, 1.82) is 5.26 Å². The van der Waals surface area contributed by atoms with Gasteiger partial charge in [0.05, 0.1) is 40.9 Å². The zero-order valence-corrected chi connectivity index (χ0v) is 16.4. The highest BCUT2D eigenvalue weighted by Gasteiger charge is 2.16. The topological polar surface area (TPSA) is 69.5 Å². The molecule has 1 amide bonds. The molecule has 0 saturated carbocycles. The molecular weight excluding hydrogens is 360 g/mol. The molecule has 1 fully saturated rings. The normalized spacial score (nSPS) is 14.9. The average molecular weight is 387 g/mol. The van der Waals surface area contributed by atoms with Crippen LogP contribution in [0.3, 0.4) is 0 Å². The van der Waals surface area contributed by atoms with Crippen molar-refractivity contribution in [2.45, 2.75) is 25.7 Å². The van der Waals surface area contributed by atoms with Gasteiger partial charge in [-0.05, 0) is 25.0 Å². The first-order valence-corrected chi connectivity index (χ1v) is 10.4. The molecule has 0 aliphatic carbocycles. The molecule has 0 atom stereocenters. The molecule has 2 aromatic rings. The van der Waals surface area contributed by atoms with Gasteiger partial charge in [0.25, 0.3) is 0 Å². The number of fused-ring (bicyclic) bond motifs is 1. The molecule has 27 heavy (non-hydrogen) atoms.